The number of aromatic nitrogens is 1. The lowest BCUT2D eigenvalue weighted by molar-refractivity contribution is -0.446. The van der Waals surface area contributed by atoms with E-state index in [0.29, 0.717) is 0 Å². The largest absolute Gasteiger partial charge is 1.00 e. The maximum atomic E-state index is 6.27. The van der Waals surface area contributed by atoms with Gasteiger partial charge in [-0.3, -0.25) is 0 Å². The average Bonchev–Trinajstić information content (AvgIpc) is 2.77. The van der Waals surface area contributed by atoms with Gasteiger partial charge in [0.1, 0.15) is 4.70 Å². The third-order valence-electron chi connectivity index (χ3n) is 3.20. The van der Waals surface area contributed by atoms with Gasteiger partial charge in [0.25, 0.3) is 4.83 Å². The van der Waals surface area contributed by atoms with E-state index in [1.165, 1.54) is 15.0 Å². The number of hydrogen-bond donors (Lipinski definition) is 0. The van der Waals surface area contributed by atoms with Gasteiger partial charge in [0.15, 0.2) is 0 Å². The minimum absolute atomic E-state index is 0. The smallest absolute Gasteiger partial charge is 0.268 e. The fourth-order valence-corrected chi connectivity index (χ4v) is 3.69. The number of para-hydroxylation sites is 1. The molecule has 0 unspecified atom stereocenters. The van der Waals surface area contributed by atoms with Gasteiger partial charge < -0.3 is 12.4 Å². The lowest BCUT2D eigenvalue weighted by atomic mass is 10.2. The number of hydrogen-bond acceptors (Lipinski definition) is 1. The van der Waals surface area contributed by atoms with Crippen molar-refractivity contribution in [3.63, 3.8) is 0 Å². The van der Waals surface area contributed by atoms with E-state index in [2.05, 4.69) is 46.9 Å². The summed E-state index contributed by atoms with van der Waals surface area (Å²) in [5.41, 5.74) is 2.41. The van der Waals surface area contributed by atoms with Crippen molar-refractivity contribution >= 4 is 48.9 Å². The molecule has 1 nitrogen and oxygen atoms in total. The van der Waals surface area contributed by atoms with Crippen LogP contribution in [-0.4, -0.2) is 0 Å². The second kappa shape index (κ2) is 4.64. The molecule has 0 spiro atoms. The number of fused-ring (bicyclic) bond motifs is 5. The summed E-state index contributed by atoms with van der Waals surface area (Å²) in [4.78, 5) is 1.24. The Morgan fingerprint density at radius 3 is 2.53 bits per heavy atom. The topological polar surface area (TPSA) is 4.10 Å². The first-order valence-electron chi connectivity index (χ1n) is 5.75. The minimum Gasteiger partial charge on any atom is -1.00 e. The molecule has 2 heterocycles. The fourth-order valence-electron chi connectivity index (χ4n) is 2.40. The lowest BCUT2D eigenvalue weighted by Gasteiger charge is -1.96. The van der Waals surface area contributed by atoms with Crippen LogP contribution in [0.5, 0.6) is 0 Å². The van der Waals surface area contributed by atoms with E-state index in [1.807, 2.05) is 12.1 Å². The molecule has 4 rings (SSSR count). The number of halogens is 2. The van der Waals surface area contributed by atoms with Gasteiger partial charge in [-0.1, -0.05) is 41.1 Å². The van der Waals surface area contributed by atoms with Crippen LogP contribution in [0, 0.1) is 0 Å². The fraction of sp³-hybridized carbons (Fsp3) is 0. The first-order chi connectivity index (χ1) is 8.84. The van der Waals surface area contributed by atoms with E-state index in [1.54, 1.807) is 11.3 Å². The zero-order valence-electron chi connectivity index (χ0n) is 9.81. The maximum absolute atomic E-state index is 6.27. The molecule has 0 saturated heterocycles. The molecule has 0 radical (unpaired) electrons. The van der Waals surface area contributed by atoms with Crippen LogP contribution in [0.2, 0.25) is 5.02 Å². The van der Waals surface area contributed by atoms with E-state index >= 15 is 0 Å². The van der Waals surface area contributed by atoms with E-state index in [9.17, 15) is 0 Å². The highest BCUT2D eigenvalue weighted by molar-refractivity contribution is 7.23. The SMILES string of the molecule is Clc1cccc2c1ccc1sc3ccccc3[n+]12.[Cl-]. The van der Waals surface area contributed by atoms with E-state index in [4.69, 9.17) is 11.6 Å². The zero-order chi connectivity index (χ0) is 12.1. The lowest BCUT2D eigenvalue weighted by Crippen LogP contribution is -3.00. The van der Waals surface area contributed by atoms with Crippen molar-refractivity contribution < 1.29 is 16.8 Å². The van der Waals surface area contributed by atoms with Crippen LogP contribution in [-0.2, 0) is 0 Å². The second-order valence-electron chi connectivity index (χ2n) is 4.25. The summed E-state index contributed by atoms with van der Waals surface area (Å²) in [5, 5.41) is 1.90. The molecule has 0 aliphatic heterocycles. The minimum atomic E-state index is 0. The molecular weight excluding hydrogens is 297 g/mol. The van der Waals surface area contributed by atoms with Crippen LogP contribution < -0.4 is 16.8 Å². The predicted octanol–water partition coefficient (Wildman–Crippen LogP) is 1.45. The van der Waals surface area contributed by atoms with E-state index in [-0.39, 0.29) is 12.4 Å². The van der Waals surface area contributed by atoms with Gasteiger partial charge in [0, 0.05) is 18.2 Å². The van der Waals surface area contributed by atoms with Crippen molar-refractivity contribution in [3.8, 4) is 0 Å². The predicted molar refractivity (Wildman–Crippen MR) is 77.5 cm³/mol. The summed E-state index contributed by atoms with van der Waals surface area (Å²) >= 11 is 8.07. The highest BCUT2D eigenvalue weighted by atomic mass is 35.5. The standard InChI is InChI=1S/C15H9ClNS.ClH/c16-11-4-3-6-12-10(11)8-9-15-17(12)13-5-1-2-7-14(13)18-15;/h1-9H;1H/q+1;/p-1. The summed E-state index contributed by atoms with van der Waals surface area (Å²) < 4.78 is 3.58. The molecule has 0 atom stereocenters. The van der Waals surface area contributed by atoms with Gasteiger partial charge in [0.05, 0.1) is 10.4 Å². The molecule has 0 saturated carbocycles. The van der Waals surface area contributed by atoms with Crippen molar-refractivity contribution in [2.45, 2.75) is 0 Å². The van der Waals surface area contributed by atoms with E-state index < -0.39 is 0 Å². The number of benzene rings is 2. The number of rotatable bonds is 0. The zero-order valence-corrected chi connectivity index (χ0v) is 12.1. The number of pyridine rings is 1. The molecule has 0 fully saturated rings. The van der Waals surface area contributed by atoms with Crippen molar-refractivity contribution in [1.82, 2.24) is 0 Å². The van der Waals surface area contributed by atoms with Crippen LogP contribution in [0.15, 0.2) is 54.6 Å². The van der Waals surface area contributed by atoms with Crippen molar-refractivity contribution in [2.24, 2.45) is 0 Å². The summed E-state index contributed by atoms with van der Waals surface area (Å²) in [6, 6.07) is 18.8. The number of nitrogens with zero attached hydrogens (tertiary/aromatic N) is 1. The molecule has 4 aromatic rings. The van der Waals surface area contributed by atoms with Crippen LogP contribution in [0.25, 0.3) is 25.9 Å². The molecule has 4 heteroatoms. The van der Waals surface area contributed by atoms with Gasteiger partial charge in [-0.05, 0) is 18.2 Å². The van der Waals surface area contributed by atoms with Gasteiger partial charge in [-0.2, -0.15) is 0 Å². The highest BCUT2D eigenvalue weighted by Gasteiger charge is 2.17. The van der Waals surface area contributed by atoms with Crippen molar-refractivity contribution in [3.05, 3.63) is 59.6 Å². The monoisotopic (exact) mass is 305 g/mol. The molecular formula is C15H9Cl2NS. The molecule has 0 N–H and O–H groups in total. The van der Waals surface area contributed by atoms with Crippen molar-refractivity contribution in [1.29, 1.82) is 0 Å². The third-order valence-corrected chi connectivity index (χ3v) is 4.63. The van der Waals surface area contributed by atoms with Crippen molar-refractivity contribution in [2.75, 3.05) is 0 Å². The molecule has 94 valence electrons. The number of thiazole rings is 1. The molecule has 0 aliphatic rings. The Kier molecular flexibility index (Phi) is 3.09. The van der Waals surface area contributed by atoms with Gasteiger partial charge >= 0.3 is 0 Å². The normalized spacial score (nSPS) is 11.0. The van der Waals surface area contributed by atoms with Gasteiger partial charge in [-0.25, -0.2) is 0 Å². The first-order valence-corrected chi connectivity index (χ1v) is 6.94. The Bertz CT molecular complexity index is 898. The second-order valence-corrected chi connectivity index (χ2v) is 5.72. The summed E-state index contributed by atoms with van der Waals surface area (Å²) in [6.07, 6.45) is 0. The molecule has 0 amide bonds. The van der Waals surface area contributed by atoms with Crippen LogP contribution in [0.4, 0.5) is 0 Å². The van der Waals surface area contributed by atoms with Gasteiger partial charge in [-0.15, -0.1) is 4.40 Å². The maximum Gasteiger partial charge on any atom is 0.268 e. The molecule has 2 aromatic heterocycles. The van der Waals surface area contributed by atoms with Crippen LogP contribution in [0.3, 0.4) is 0 Å². The van der Waals surface area contributed by atoms with E-state index in [0.717, 1.165) is 15.9 Å². The Hall–Kier alpha value is -1.35. The Morgan fingerprint density at radius 1 is 0.842 bits per heavy atom. The first kappa shape index (κ1) is 12.7. The molecule has 0 bridgehead atoms. The highest BCUT2D eigenvalue weighted by Crippen LogP contribution is 2.27. The molecule has 0 aliphatic carbocycles. The summed E-state index contributed by atoms with van der Waals surface area (Å²) in [5.74, 6) is 0. The Balaban J connectivity index is 0.00000110. The Labute approximate surface area is 125 Å². The Morgan fingerprint density at radius 2 is 1.63 bits per heavy atom. The summed E-state index contributed by atoms with van der Waals surface area (Å²) in [7, 11) is 0. The van der Waals surface area contributed by atoms with Gasteiger partial charge in [0.2, 0.25) is 11.0 Å². The molecule has 2 aromatic carbocycles. The van der Waals surface area contributed by atoms with Crippen LogP contribution in [0.1, 0.15) is 0 Å². The summed E-state index contributed by atoms with van der Waals surface area (Å²) in [6.45, 7) is 0. The molecule has 19 heavy (non-hydrogen) atoms. The average molecular weight is 306 g/mol. The quantitative estimate of drug-likeness (QED) is 0.433. The third kappa shape index (κ3) is 1.79. The van der Waals surface area contributed by atoms with Crippen LogP contribution >= 0.6 is 22.9 Å².